The molecular formula is C13H12N3. The highest BCUT2D eigenvalue weighted by molar-refractivity contribution is 5.37. The third-order valence-corrected chi connectivity index (χ3v) is 2.91. The Morgan fingerprint density at radius 3 is 2.31 bits per heavy atom. The van der Waals surface area contributed by atoms with Crippen LogP contribution in [0.1, 0.15) is 11.1 Å². The predicted octanol–water partition coefficient (Wildman–Crippen LogP) is 1.86. The molecule has 0 bridgehead atoms. The van der Waals surface area contributed by atoms with Gasteiger partial charge in [-0.3, -0.25) is 0 Å². The Bertz CT molecular complexity index is 457. The predicted molar refractivity (Wildman–Crippen MR) is 62.1 cm³/mol. The van der Waals surface area contributed by atoms with Crippen LogP contribution in [0.15, 0.2) is 36.7 Å². The summed E-state index contributed by atoms with van der Waals surface area (Å²) in [4.78, 5) is 8.25. The maximum atomic E-state index is 4.13. The lowest BCUT2D eigenvalue weighted by Gasteiger charge is -2.10. The molecule has 1 aliphatic carbocycles. The highest BCUT2D eigenvalue weighted by atomic mass is 15.1. The van der Waals surface area contributed by atoms with Crippen molar-refractivity contribution < 1.29 is 0 Å². The minimum atomic E-state index is 0.416. The smallest absolute Gasteiger partial charge is 0.222 e. The summed E-state index contributed by atoms with van der Waals surface area (Å²) < 4.78 is 0. The number of hydrogen-bond donors (Lipinski definition) is 1. The normalized spacial score (nSPS) is 14.8. The zero-order chi connectivity index (χ0) is 10.8. The summed E-state index contributed by atoms with van der Waals surface area (Å²) in [6.07, 6.45) is 5.38. The summed E-state index contributed by atoms with van der Waals surface area (Å²) in [5.41, 5.74) is 2.87. The third-order valence-electron chi connectivity index (χ3n) is 2.91. The van der Waals surface area contributed by atoms with Crippen molar-refractivity contribution in [2.24, 2.45) is 0 Å². The van der Waals surface area contributed by atoms with E-state index in [1.165, 1.54) is 11.1 Å². The van der Waals surface area contributed by atoms with Gasteiger partial charge in [0.15, 0.2) is 0 Å². The molecule has 1 aromatic heterocycles. The van der Waals surface area contributed by atoms with Crippen molar-refractivity contribution in [2.45, 2.75) is 18.9 Å². The van der Waals surface area contributed by atoms with E-state index in [0.29, 0.717) is 12.0 Å². The first-order chi connectivity index (χ1) is 7.92. The molecule has 3 nitrogen and oxygen atoms in total. The molecule has 3 rings (SSSR count). The maximum Gasteiger partial charge on any atom is 0.222 e. The average molecular weight is 210 g/mol. The summed E-state index contributed by atoms with van der Waals surface area (Å²) in [5, 5.41) is 3.35. The average Bonchev–Trinajstić information content (AvgIpc) is 2.72. The van der Waals surface area contributed by atoms with Crippen molar-refractivity contribution in [1.82, 2.24) is 9.97 Å². The Hall–Kier alpha value is -1.90. The molecule has 0 aliphatic heterocycles. The van der Waals surface area contributed by atoms with Gasteiger partial charge < -0.3 is 5.32 Å². The van der Waals surface area contributed by atoms with Crippen LogP contribution in [0.2, 0.25) is 0 Å². The van der Waals surface area contributed by atoms with E-state index in [4.69, 9.17) is 0 Å². The zero-order valence-corrected chi connectivity index (χ0v) is 8.85. The Morgan fingerprint density at radius 2 is 1.69 bits per heavy atom. The Kier molecular flexibility index (Phi) is 2.29. The van der Waals surface area contributed by atoms with E-state index in [1.54, 1.807) is 12.4 Å². The second kappa shape index (κ2) is 3.93. The van der Waals surface area contributed by atoms with Crippen LogP contribution in [0.25, 0.3) is 0 Å². The van der Waals surface area contributed by atoms with Crippen molar-refractivity contribution in [3.8, 4) is 0 Å². The number of nitrogens with zero attached hydrogens (tertiary/aromatic N) is 2. The van der Waals surface area contributed by atoms with Gasteiger partial charge in [-0.25, -0.2) is 9.97 Å². The first-order valence-electron chi connectivity index (χ1n) is 5.43. The van der Waals surface area contributed by atoms with E-state index in [9.17, 15) is 0 Å². The van der Waals surface area contributed by atoms with Crippen LogP contribution in [-0.4, -0.2) is 16.0 Å². The highest BCUT2D eigenvalue weighted by Gasteiger charge is 2.20. The molecule has 3 heteroatoms. The fraction of sp³-hybridized carbons (Fsp3) is 0.231. The number of nitrogens with one attached hydrogen (secondary N) is 1. The molecule has 0 amide bonds. The maximum absolute atomic E-state index is 4.13. The van der Waals surface area contributed by atoms with E-state index >= 15 is 0 Å². The topological polar surface area (TPSA) is 37.8 Å². The Morgan fingerprint density at radius 1 is 1.06 bits per heavy atom. The molecule has 1 aliphatic rings. The van der Waals surface area contributed by atoms with Crippen molar-refractivity contribution in [3.05, 3.63) is 53.9 Å². The zero-order valence-electron chi connectivity index (χ0n) is 8.85. The molecule has 1 heterocycles. The largest absolute Gasteiger partial charge is 0.351 e. The summed E-state index contributed by atoms with van der Waals surface area (Å²) >= 11 is 0. The Labute approximate surface area is 94.6 Å². The van der Waals surface area contributed by atoms with Gasteiger partial charge in [-0.15, -0.1) is 0 Å². The van der Waals surface area contributed by atoms with Crippen LogP contribution >= 0.6 is 0 Å². The molecule has 2 aromatic rings. The molecular weight excluding hydrogens is 198 g/mol. The van der Waals surface area contributed by atoms with Crippen LogP contribution in [0, 0.1) is 6.07 Å². The molecule has 79 valence electrons. The number of aromatic nitrogens is 2. The Balaban J connectivity index is 1.73. The van der Waals surface area contributed by atoms with Gasteiger partial charge in [0.25, 0.3) is 0 Å². The standard InChI is InChI=1S/C13H12N3/c1-2-5-11-9-12(8-10(11)4-1)16-13-14-6-3-7-15-13/h1-2,4-7,12H,8-9H2,(H,14,15,16). The second-order valence-electron chi connectivity index (χ2n) is 4.02. The quantitative estimate of drug-likeness (QED) is 0.822. The van der Waals surface area contributed by atoms with Crippen molar-refractivity contribution in [1.29, 1.82) is 0 Å². The molecule has 0 saturated carbocycles. The van der Waals surface area contributed by atoms with Crippen LogP contribution in [0.4, 0.5) is 5.95 Å². The van der Waals surface area contributed by atoms with E-state index < -0.39 is 0 Å². The molecule has 0 fully saturated rings. The van der Waals surface area contributed by atoms with Crippen LogP contribution in [0.3, 0.4) is 0 Å². The van der Waals surface area contributed by atoms with Gasteiger partial charge in [0.05, 0.1) is 0 Å². The van der Waals surface area contributed by atoms with Crippen molar-refractivity contribution >= 4 is 5.95 Å². The van der Waals surface area contributed by atoms with E-state index in [1.807, 2.05) is 0 Å². The number of rotatable bonds is 2. The van der Waals surface area contributed by atoms with Crippen LogP contribution < -0.4 is 5.32 Å². The number of hydrogen-bond acceptors (Lipinski definition) is 3. The monoisotopic (exact) mass is 210 g/mol. The molecule has 0 atom stereocenters. The molecule has 0 saturated heterocycles. The second-order valence-corrected chi connectivity index (χ2v) is 4.02. The van der Waals surface area contributed by atoms with Crippen LogP contribution in [-0.2, 0) is 12.8 Å². The van der Waals surface area contributed by atoms with Gasteiger partial charge in [0.2, 0.25) is 5.95 Å². The van der Waals surface area contributed by atoms with Gasteiger partial charge in [-0.1, -0.05) is 24.3 Å². The van der Waals surface area contributed by atoms with Gasteiger partial charge in [0.1, 0.15) is 0 Å². The van der Waals surface area contributed by atoms with Gasteiger partial charge in [-0.05, 0) is 24.0 Å². The van der Waals surface area contributed by atoms with Crippen LogP contribution in [0.5, 0.6) is 0 Å². The molecule has 16 heavy (non-hydrogen) atoms. The fourth-order valence-electron chi connectivity index (χ4n) is 2.18. The first-order valence-corrected chi connectivity index (χ1v) is 5.43. The lowest BCUT2D eigenvalue weighted by atomic mass is 10.1. The highest BCUT2D eigenvalue weighted by Crippen LogP contribution is 2.23. The minimum Gasteiger partial charge on any atom is -0.351 e. The summed E-state index contributed by atoms with van der Waals surface area (Å²) in [6, 6.07) is 11.8. The van der Waals surface area contributed by atoms with E-state index in [-0.39, 0.29) is 0 Å². The summed E-state index contributed by atoms with van der Waals surface area (Å²) in [7, 11) is 0. The molecule has 0 spiro atoms. The number of fused-ring (bicyclic) bond motifs is 1. The SMILES string of the molecule is [c]1cnc(NC2Cc3ccccc3C2)nc1. The summed E-state index contributed by atoms with van der Waals surface area (Å²) in [5.74, 6) is 0.691. The third kappa shape index (κ3) is 1.76. The molecule has 1 radical (unpaired) electrons. The molecule has 0 unspecified atom stereocenters. The minimum absolute atomic E-state index is 0.416. The molecule has 1 aromatic carbocycles. The molecule has 1 N–H and O–H groups in total. The van der Waals surface area contributed by atoms with E-state index in [0.717, 1.165) is 12.8 Å². The summed E-state index contributed by atoms with van der Waals surface area (Å²) in [6.45, 7) is 0. The van der Waals surface area contributed by atoms with E-state index in [2.05, 4.69) is 45.6 Å². The number of benzene rings is 1. The van der Waals surface area contributed by atoms with Crippen molar-refractivity contribution in [2.75, 3.05) is 5.32 Å². The first kappa shape index (κ1) is 9.33. The fourth-order valence-corrected chi connectivity index (χ4v) is 2.18. The lowest BCUT2D eigenvalue weighted by Crippen LogP contribution is -2.20. The van der Waals surface area contributed by atoms with Gasteiger partial charge >= 0.3 is 0 Å². The van der Waals surface area contributed by atoms with Gasteiger partial charge in [0, 0.05) is 24.5 Å². The van der Waals surface area contributed by atoms with Crippen molar-refractivity contribution in [3.63, 3.8) is 0 Å². The van der Waals surface area contributed by atoms with Gasteiger partial charge in [-0.2, -0.15) is 0 Å². The lowest BCUT2D eigenvalue weighted by molar-refractivity contribution is 0.761. The number of anilines is 1.